The van der Waals surface area contributed by atoms with Crippen LogP contribution in [0.25, 0.3) is 0 Å². The van der Waals surface area contributed by atoms with E-state index in [1.807, 2.05) is 41.6 Å². The first kappa shape index (κ1) is 30.0. The molecule has 224 valence electrons. The minimum absolute atomic E-state index is 0.0898. The van der Waals surface area contributed by atoms with E-state index in [0.717, 1.165) is 76.2 Å². The van der Waals surface area contributed by atoms with Crippen LogP contribution < -0.4 is 5.73 Å². The van der Waals surface area contributed by atoms with Gasteiger partial charge in [-0.2, -0.15) is 4.31 Å². The molecule has 1 aromatic carbocycles. The van der Waals surface area contributed by atoms with Crippen LogP contribution in [0.1, 0.15) is 110 Å². The van der Waals surface area contributed by atoms with Gasteiger partial charge < -0.3 is 10.5 Å². The molecule has 0 amide bonds. The van der Waals surface area contributed by atoms with Crippen LogP contribution in [0.5, 0.6) is 0 Å². The van der Waals surface area contributed by atoms with E-state index in [2.05, 4.69) is 13.8 Å². The number of carbonyl (C=O) groups is 1. The van der Waals surface area contributed by atoms with Crippen molar-refractivity contribution in [3.8, 4) is 0 Å². The number of benzene rings is 1. The van der Waals surface area contributed by atoms with E-state index >= 15 is 0 Å². The number of nitrogens with zero attached hydrogens (tertiary/aromatic N) is 1. The number of hydrogen-bond donors (Lipinski definition) is 1. The first-order valence-electron chi connectivity index (χ1n) is 16.0. The number of sulfonamides is 1. The van der Waals surface area contributed by atoms with Crippen molar-refractivity contribution in [2.75, 3.05) is 12.3 Å². The first-order valence-corrected chi connectivity index (χ1v) is 17.6. The number of ether oxygens (including phenoxy) is 1. The number of rotatable bonds is 10. The monoisotopic (exact) mass is 572 g/mol. The van der Waals surface area contributed by atoms with Crippen LogP contribution in [0.4, 0.5) is 0 Å². The van der Waals surface area contributed by atoms with Crippen LogP contribution in [-0.4, -0.2) is 49.2 Å². The van der Waals surface area contributed by atoms with E-state index in [0.29, 0.717) is 12.3 Å². The SMILES string of the molecule is CC1(C)[C@@H]2CC[C@@]1(CS(=O)(=O)N(C1CCCCC1)C1CCCCC1)[C@H](OC(=O)[C@@](C)(CN)Cc1ccccc1)C2. The Kier molecular flexibility index (Phi) is 8.77. The molecule has 2 bridgehead atoms. The normalized spacial score (nSPS) is 30.8. The highest BCUT2D eigenvalue weighted by Gasteiger charge is 2.67. The third-order valence-corrected chi connectivity index (χ3v) is 13.7. The molecule has 5 rings (SSSR count). The molecule has 7 heteroatoms. The maximum atomic E-state index is 14.6. The predicted octanol–water partition coefficient (Wildman–Crippen LogP) is 6.23. The van der Waals surface area contributed by atoms with Crippen molar-refractivity contribution in [2.24, 2.45) is 27.9 Å². The van der Waals surface area contributed by atoms with Gasteiger partial charge in [-0.15, -0.1) is 0 Å². The van der Waals surface area contributed by atoms with Crippen molar-refractivity contribution in [3.63, 3.8) is 0 Å². The van der Waals surface area contributed by atoms with E-state index in [1.54, 1.807) is 0 Å². The van der Waals surface area contributed by atoms with Gasteiger partial charge in [-0.1, -0.05) is 82.7 Å². The van der Waals surface area contributed by atoms with Gasteiger partial charge in [0.2, 0.25) is 10.0 Å². The molecule has 0 aromatic heterocycles. The molecule has 2 N–H and O–H groups in total. The molecule has 6 nitrogen and oxygen atoms in total. The van der Waals surface area contributed by atoms with Gasteiger partial charge in [0.15, 0.2) is 0 Å². The van der Waals surface area contributed by atoms with Gasteiger partial charge in [-0.25, -0.2) is 8.42 Å². The Morgan fingerprint density at radius 1 is 0.975 bits per heavy atom. The average Bonchev–Trinajstić information content (AvgIpc) is 3.29. The molecule has 0 saturated heterocycles. The second-order valence-corrected chi connectivity index (χ2v) is 16.2. The van der Waals surface area contributed by atoms with E-state index in [-0.39, 0.29) is 35.8 Å². The zero-order valence-electron chi connectivity index (χ0n) is 25.1. The van der Waals surface area contributed by atoms with Crippen molar-refractivity contribution in [1.29, 1.82) is 0 Å². The molecule has 4 aliphatic carbocycles. The highest BCUT2D eigenvalue weighted by atomic mass is 32.2. The Bertz CT molecular complexity index is 1110. The maximum Gasteiger partial charge on any atom is 0.313 e. The predicted molar refractivity (Wildman–Crippen MR) is 160 cm³/mol. The summed E-state index contributed by atoms with van der Waals surface area (Å²) < 4.78 is 37.7. The minimum atomic E-state index is -3.56. The molecule has 0 unspecified atom stereocenters. The molecule has 1 aromatic rings. The van der Waals surface area contributed by atoms with E-state index in [4.69, 9.17) is 10.5 Å². The number of nitrogens with two attached hydrogens (primary N) is 1. The summed E-state index contributed by atoms with van der Waals surface area (Å²) in [6.07, 6.45) is 13.4. The highest BCUT2D eigenvalue weighted by molar-refractivity contribution is 7.89. The van der Waals surface area contributed by atoms with Gasteiger partial charge in [0.05, 0.1) is 11.2 Å². The molecule has 4 aliphatic rings. The van der Waals surface area contributed by atoms with Crippen LogP contribution >= 0.6 is 0 Å². The largest absolute Gasteiger partial charge is 0.461 e. The van der Waals surface area contributed by atoms with Crippen molar-refractivity contribution < 1.29 is 17.9 Å². The molecule has 0 radical (unpaired) electrons. The Morgan fingerprint density at radius 2 is 1.55 bits per heavy atom. The van der Waals surface area contributed by atoms with Gasteiger partial charge in [0.25, 0.3) is 0 Å². The smallest absolute Gasteiger partial charge is 0.313 e. The number of fused-ring (bicyclic) bond motifs is 2. The minimum Gasteiger partial charge on any atom is -0.461 e. The molecular formula is C33H52N2O4S. The molecular weight excluding hydrogens is 520 g/mol. The molecule has 4 atom stereocenters. The fraction of sp³-hybridized carbons (Fsp3) is 0.788. The first-order chi connectivity index (χ1) is 19.0. The van der Waals surface area contributed by atoms with Crippen molar-refractivity contribution in [2.45, 2.75) is 129 Å². The standard InChI is InChI=1S/C33H52N2O4S/c1-31(2)26-19-20-33(31,29(21-26)39-30(36)32(3,23-34)22-25-13-7-4-8-14-25)24-40(37,38)35(27-15-9-5-10-16-27)28-17-11-6-12-18-28/h4,7-8,13-14,26-29H,5-6,9-12,15-24,34H2,1-3H3/t26-,29-,32-,33-/m1/s1. The number of esters is 1. The molecule has 40 heavy (non-hydrogen) atoms. The lowest BCUT2D eigenvalue weighted by Gasteiger charge is -2.46. The third kappa shape index (κ3) is 5.51. The summed E-state index contributed by atoms with van der Waals surface area (Å²) in [5.74, 6) is 0.156. The highest BCUT2D eigenvalue weighted by Crippen LogP contribution is 2.67. The summed E-state index contributed by atoms with van der Waals surface area (Å²) in [7, 11) is -3.56. The van der Waals surface area contributed by atoms with Crippen molar-refractivity contribution >= 4 is 16.0 Å². The van der Waals surface area contributed by atoms with Crippen LogP contribution in [0.2, 0.25) is 0 Å². The second kappa shape index (κ2) is 11.7. The maximum absolute atomic E-state index is 14.6. The van der Waals surface area contributed by atoms with Crippen LogP contribution in [-0.2, 0) is 26.0 Å². The lowest BCUT2D eigenvalue weighted by atomic mass is 9.69. The number of hydrogen-bond acceptors (Lipinski definition) is 5. The summed E-state index contributed by atoms with van der Waals surface area (Å²) in [6.45, 7) is 6.53. The molecule has 0 heterocycles. The van der Waals surface area contributed by atoms with Crippen LogP contribution in [0, 0.1) is 22.2 Å². The Balaban J connectivity index is 1.42. The zero-order valence-corrected chi connectivity index (χ0v) is 25.9. The fourth-order valence-corrected chi connectivity index (χ4v) is 11.7. The average molecular weight is 573 g/mol. The van der Waals surface area contributed by atoms with Crippen LogP contribution in [0.15, 0.2) is 30.3 Å². The molecule has 0 spiro atoms. The summed E-state index contributed by atoms with van der Waals surface area (Å²) in [5.41, 5.74) is 5.60. The van der Waals surface area contributed by atoms with Gasteiger partial charge in [-0.3, -0.25) is 4.79 Å². The summed E-state index contributed by atoms with van der Waals surface area (Å²) in [5, 5.41) is 0. The third-order valence-electron chi connectivity index (χ3n) is 11.6. The van der Waals surface area contributed by atoms with Crippen molar-refractivity contribution in [1.82, 2.24) is 4.31 Å². The second-order valence-electron chi connectivity index (χ2n) is 14.3. The molecule has 0 aliphatic heterocycles. The lowest BCUT2D eigenvalue weighted by molar-refractivity contribution is -0.167. The van der Waals surface area contributed by atoms with Crippen LogP contribution in [0.3, 0.4) is 0 Å². The topological polar surface area (TPSA) is 89.7 Å². The molecule has 4 fully saturated rings. The zero-order chi connectivity index (χ0) is 28.6. The van der Waals surface area contributed by atoms with Gasteiger partial charge >= 0.3 is 5.97 Å². The fourth-order valence-electron chi connectivity index (χ4n) is 8.87. The van der Waals surface area contributed by atoms with Gasteiger partial charge in [0.1, 0.15) is 6.10 Å². The van der Waals surface area contributed by atoms with Crippen molar-refractivity contribution in [3.05, 3.63) is 35.9 Å². The van der Waals surface area contributed by atoms with E-state index in [1.165, 1.54) is 12.8 Å². The van der Waals surface area contributed by atoms with E-state index < -0.39 is 27.0 Å². The summed E-state index contributed by atoms with van der Waals surface area (Å²) >= 11 is 0. The number of carbonyl (C=O) groups excluding carboxylic acids is 1. The Labute approximate surface area is 242 Å². The van der Waals surface area contributed by atoms with Gasteiger partial charge in [-0.05, 0) is 75.2 Å². The van der Waals surface area contributed by atoms with Gasteiger partial charge in [0, 0.05) is 24.0 Å². The summed E-state index contributed by atoms with van der Waals surface area (Å²) in [4.78, 5) is 13.8. The lowest BCUT2D eigenvalue weighted by Crippen LogP contribution is -2.55. The molecule has 4 saturated carbocycles. The van der Waals surface area contributed by atoms with E-state index in [9.17, 15) is 13.2 Å². The summed E-state index contributed by atoms with van der Waals surface area (Å²) in [6, 6.07) is 10.2. The Morgan fingerprint density at radius 3 is 2.08 bits per heavy atom. The quantitative estimate of drug-likeness (QED) is 0.336. The Hall–Kier alpha value is -1.44.